The summed E-state index contributed by atoms with van der Waals surface area (Å²) in [4.78, 5) is 23.4. The number of nitrogens with zero attached hydrogens (tertiary/aromatic N) is 3. The number of carboxylic acid groups (broad SMARTS) is 1. The van der Waals surface area contributed by atoms with Gasteiger partial charge in [-0.25, -0.2) is 4.79 Å². The molecule has 1 aliphatic heterocycles. The van der Waals surface area contributed by atoms with E-state index in [1.165, 1.54) is 22.6 Å². The van der Waals surface area contributed by atoms with Crippen molar-refractivity contribution in [3.8, 4) is 0 Å². The summed E-state index contributed by atoms with van der Waals surface area (Å²) in [7, 11) is 0. The lowest BCUT2D eigenvalue weighted by Gasteiger charge is -2.33. The molecule has 1 amide bonds. The number of aliphatic carboxylic acids is 1. The second kappa shape index (κ2) is 10.5. The Hall–Kier alpha value is -3.12. The number of rotatable bonds is 6. The molecule has 2 N–H and O–H groups in total. The fourth-order valence-corrected chi connectivity index (χ4v) is 3.92. The number of carbonyl (C=O) groups excluding carboxylic acids is 1. The van der Waals surface area contributed by atoms with Crippen LogP contribution in [-0.2, 0) is 17.9 Å². The molecular formula is C20H21F3N4O4S. The molecule has 4 heterocycles. The molecule has 1 aliphatic rings. The number of nitrogens with one attached hydrogen (secondary N) is 1. The number of carbonyl (C=O) groups is 2. The minimum atomic E-state index is -5.08. The molecule has 3 aromatic heterocycles. The lowest BCUT2D eigenvalue weighted by Crippen LogP contribution is -2.38. The van der Waals surface area contributed by atoms with Gasteiger partial charge in [0.15, 0.2) is 0 Å². The summed E-state index contributed by atoms with van der Waals surface area (Å²) in [6, 6.07) is 6.17. The van der Waals surface area contributed by atoms with E-state index >= 15 is 0 Å². The Morgan fingerprint density at radius 2 is 2.09 bits per heavy atom. The average Bonchev–Trinajstić information content (AvgIpc) is 3.50. The van der Waals surface area contributed by atoms with Gasteiger partial charge in [0, 0.05) is 48.9 Å². The van der Waals surface area contributed by atoms with E-state index in [0.717, 1.165) is 31.6 Å². The SMILES string of the molecule is O=C(NCCC1CN(Cc2ccoc2)Cc2ccnn21)c1ccsc1.O=C(O)C(F)(F)F. The largest absolute Gasteiger partial charge is 0.490 e. The normalized spacial score (nSPS) is 16.0. The van der Waals surface area contributed by atoms with Crippen LogP contribution in [0.4, 0.5) is 13.2 Å². The van der Waals surface area contributed by atoms with E-state index in [1.807, 2.05) is 29.1 Å². The number of hydrogen-bond acceptors (Lipinski definition) is 6. The molecule has 172 valence electrons. The third kappa shape index (κ3) is 6.44. The zero-order chi connectivity index (χ0) is 23.1. The quantitative estimate of drug-likeness (QED) is 0.572. The number of fused-ring (bicyclic) bond motifs is 1. The third-order valence-electron chi connectivity index (χ3n) is 4.73. The highest BCUT2D eigenvalue weighted by Gasteiger charge is 2.38. The van der Waals surface area contributed by atoms with Crippen LogP contribution in [0.25, 0.3) is 0 Å². The van der Waals surface area contributed by atoms with Gasteiger partial charge in [0.2, 0.25) is 0 Å². The van der Waals surface area contributed by atoms with Crippen molar-refractivity contribution in [3.05, 3.63) is 64.5 Å². The molecular weight excluding hydrogens is 449 g/mol. The van der Waals surface area contributed by atoms with Crippen LogP contribution < -0.4 is 5.32 Å². The van der Waals surface area contributed by atoms with Crippen molar-refractivity contribution in [2.45, 2.75) is 31.7 Å². The molecule has 4 rings (SSSR count). The van der Waals surface area contributed by atoms with E-state index in [9.17, 15) is 18.0 Å². The zero-order valence-corrected chi connectivity index (χ0v) is 17.6. The molecule has 3 aromatic rings. The van der Waals surface area contributed by atoms with Crippen LogP contribution in [0.3, 0.4) is 0 Å². The fourth-order valence-electron chi connectivity index (χ4n) is 3.29. The Kier molecular flexibility index (Phi) is 7.70. The number of thiophene rings is 1. The van der Waals surface area contributed by atoms with Crippen molar-refractivity contribution in [1.82, 2.24) is 20.0 Å². The molecule has 8 nitrogen and oxygen atoms in total. The van der Waals surface area contributed by atoms with Crippen molar-refractivity contribution >= 4 is 23.2 Å². The van der Waals surface area contributed by atoms with E-state index in [4.69, 9.17) is 14.3 Å². The van der Waals surface area contributed by atoms with E-state index in [0.29, 0.717) is 6.54 Å². The number of aromatic nitrogens is 2. The number of carboxylic acids is 1. The first-order valence-corrected chi connectivity index (χ1v) is 10.5. The van der Waals surface area contributed by atoms with Crippen molar-refractivity contribution in [2.75, 3.05) is 13.1 Å². The summed E-state index contributed by atoms with van der Waals surface area (Å²) in [5, 5.41) is 18.4. The Balaban J connectivity index is 0.000000360. The molecule has 1 unspecified atom stereocenters. The summed E-state index contributed by atoms with van der Waals surface area (Å²) in [5.74, 6) is -2.76. The Morgan fingerprint density at radius 3 is 2.72 bits per heavy atom. The maximum absolute atomic E-state index is 12.1. The molecule has 0 spiro atoms. The summed E-state index contributed by atoms with van der Waals surface area (Å²) in [6.45, 7) is 3.29. The minimum absolute atomic E-state index is 0.00648. The molecule has 0 bridgehead atoms. The maximum Gasteiger partial charge on any atom is 0.490 e. The first-order valence-electron chi connectivity index (χ1n) is 9.60. The van der Waals surface area contributed by atoms with Crippen LogP contribution in [-0.4, -0.2) is 50.9 Å². The second-order valence-electron chi connectivity index (χ2n) is 7.08. The predicted octanol–water partition coefficient (Wildman–Crippen LogP) is 3.55. The highest BCUT2D eigenvalue weighted by atomic mass is 32.1. The van der Waals surface area contributed by atoms with Gasteiger partial charge in [-0.2, -0.15) is 29.6 Å². The van der Waals surface area contributed by atoms with Gasteiger partial charge in [-0.05, 0) is 30.0 Å². The number of halogens is 3. The molecule has 12 heteroatoms. The lowest BCUT2D eigenvalue weighted by atomic mass is 10.1. The van der Waals surface area contributed by atoms with Crippen LogP contribution in [0, 0.1) is 0 Å². The van der Waals surface area contributed by atoms with Gasteiger partial charge < -0.3 is 14.8 Å². The zero-order valence-electron chi connectivity index (χ0n) is 16.8. The number of amides is 1. The highest BCUT2D eigenvalue weighted by Crippen LogP contribution is 2.24. The monoisotopic (exact) mass is 470 g/mol. The van der Waals surface area contributed by atoms with Gasteiger partial charge in [-0.1, -0.05) is 0 Å². The van der Waals surface area contributed by atoms with Gasteiger partial charge in [-0.15, -0.1) is 0 Å². The number of furan rings is 1. The van der Waals surface area contributed by atoms with E-state index in [-0.39, 0.29) is 11.9 Å². The van der Waals surface area contributed by atoms with Crippen LogP contribution in [0.2, 0.25) is 0 Å². The topological polar surface area (TPSA) is 101 Å². The van der Waals surface area contributed by atoms with E-state index < -0.39 is 12.1 Å². The molecule has 0 fully saturated rings. The summed E-state index contributed by atoms with van der Waals surface area (Å²) in [5.41, 5.74) is 3.12. The highest BCUT2D eigenvalue weighted by molar-refractivity contribution is 7.08. The Labute approximate surface area is 185 Å². The summed E-state index contributed by atoms with van der Waals surface area (Å²) in [6.07, 6.45) is 1.13. The van der Waals surface area contributed by atoms with Crippen molar-refractivity contribution < 1.29 is 32.3 Å². The van der Waals surface area contributed by atoms with Gasteiger partial charge in [0.05, 0.1) is 24.3 Å². The lowest BCUT2D eigenvalue weighted by molar-refractivity contribution is -0.192. The van der Waals surface area contributed by atoms with Crippen LogP contribution in [0.15, 0.2) is 52.1 Å². The molecule has 0 saturated carbocycles. The van der Waals surface area contributed by atoms with Crippen LogP contribution in [0.1, 0.15) is 34.1 Å². The van der Waals surface area contributed by atoms with Gasteiger partial charge >= 0.3 is 12.1 Å². The third-order valence-corrected chi connectivity index (χ3v) is 5.41. The number of hydrogen-bond donors (Lipinski definition) is 2. The van der Waals surface area contributed by atoms with E-state index in [2.05, 4.69) is 26.1 Å². The van der Waals surface area contributed by atoms with Crippen LogP contribution in [0.5, 0.6) is 0 Å². The maximum atomic E-state index is 12.1. The van der Waals surface area contributed by atoms with Crippen molar-refractivity contribution in [2.24, 2.45) is 0 Å². The Bertz CT molecular complexity index is 1000. The molecule has 0 aliphatic carbocycles. The van der Waals surface area contributed by atoms with Crippen molar-refractivity contribution in [3.63, 3.8) is 0 Å². The van der Waals surface area contributed by atoms with Crippen molar-refractivity contribution in [1.29, 1.82) is 0 Å². The van der Waals surface area contributed by atoms with Gasteiger partial charge in [0.1, 0.15) is 0 Å². The second-order valence-corrected chi connectivity index (χ2v) is 7.86. The van der Waals surface area contributed by atoms with E-state index in [1.54, 1.807) is 12.5 Å². The Morgan fingerprint density at radius 1 is 1.31 bits per heavy atom. The van der Waals surface area contributed by atoms with Gasteiger partial charge in [0.25, 0.3) is 5.91 Å². The summed E-state index contributed by atoms with van der Waals surface area (Å²) >= 11 is 1.53. The summed E-state index contributed by atoms with van der Waals surface area (Å²) < 4.78 is 39.0. The van der Waals surface area contributed by atoms with Crippen LogP contribution >= 0.6 is 11.3 Å². The first kappa shape index (κ1) is 23.5. The standard InChI is InChI=1S/C18H20N4O2S.C2HF3O2/c23-18(15-4-8-25-13-15)19-5-1-16-10-21(9-14-3-7-24-12-14)11-17-2-6-20-22(16)17;3-2(4,5)1(6)7/h2-4,6-8,12-13,16H,1,5,9-11H2,(H,19,23);(H,6,7). The molecule has 0 saturated heterocycles. The molecule has 0 radical (unpaired) electrons. The smallest absolute Gasteiger partial charge is 0.475 e. The minimum Gasteiger partial charge on any atom is -0.475 e. The predicted molar refractivity (Wildman–Crippen MR) is 109 cm³/mol. The molecule has 0 aromatic carbocycles. The number of alkyl halides is 3. The fraction of sp³-hybridized carbons (Fsp3) is 0.350. The van der Waals surface area contributed by atoms with Gasteiger partial charge in [-0.3, -0.25) is 14.4 Å². The average molecular weight is 470 g/mol. The molecule has 32 heavy (non-hydrogen) atoms. The first-order chi connectivity index (χ1) is 15.2. The molecule has 1 atom stereocenters.